The maximum absolute atomic E-state index is 14.4. The number of amides is 2. The third kappa shape index (κ3) is 3.98. The molecule has 7 nitrogen and oxygen atoms in total. The van der Waals surface area contributed by atoms with E-state index >= 15 is 0 Å². The minimum atomic E-state index is -0.750. The van der Waals surface area contributed by atoms with Crippen molar-refractivity contribution in [2.45, 2.75) is 88.9 Å². The molecule has 8 atom stereocenters. The highest BCUT2D eigenvalue weighted by molar-refractivity contribution is 8.02. The molecule has 192 valence electrons. The number of aliphatic hydroxyl groups is 1. The van der Waals surface area contributed by atoms with E-state index in [4.69, 9.17) is 4.74 Å². The molecule has 3 fully saturated rings. The van der Waals surface area contributed by atoms with E-state index in [1.165, 1.54) is 0 Å². The van der Waals surface area contributed by atoms with Crippen molar-refractivity contribution in [1.29, 1.82) is 0 Å². The molecule has 0 aromatic heterocycles. The number of rotatable bonds is 9. The zero-order chi connectivity index (χ0) is 25.6. The Morgan fingerprint density at radius 2 is 2.03 bits per heavy atom. The SMILES string of the molecule is C=CCN(C(=O)C1N([C@@H](CO)[C@@H](C)CC)C(=O)[C@@H]2[C@@H](C(=O)OCC)[C@H]3CC(C)C12S3)C(C)(C)C. The zero-order valence-corrected chi connectivity index (χ0v) is 22.6. The second-order valence-corrected chi connectivity index (χ2v) is 12.6. The van der Waals surface area contributed by atoms with E-state index in [-0.39, 0.29) is 48.1 Å². The van der Waals surface area contributed by atoms with Gasteiger partial charge in [-0.05, 0) is 46.0 Å². The van der Waals surface area contributed by atoms with Gasteiger partial charge in [-0.15, -0.1) is 18.3 Å². The van der Waals surface area contributed by atoms with Crippen molar-refractivity contribution in [3.63, 3.8) is 0 Å². The van der Waals surface area contributed by atoms with Crippen molar-refractivity contribution < 1.29 is 24.2 Å². The summed E-state index contributed by atoms with van der Waals surface area (Å²) in [5.74, 6) is -1.78. The Morgan fingerprint density at radius 1 is 1.38 bits per heavy atom. The minimum Gasteiger partial charge on any atom is -0.466 e. The molecule has 0 aromatic carbocycles. The number of carbonyl (C=O) groups is 3. The Labute approximate surface area is 208 Å². The summed E-state index contributed by atoms with van der Waals surface area (Å²) in [7, 11) is 0. The third-order valence-corrected chi connectivity index (χ3v) is 10.3. The quantitative estimate of drug-likeness (QED) is 0.392. The van der Waals surface area contributed by atoms with Gasteiger partial charge in [0.2, 0.25) is 11.8 Å². The smallest absolute Gasteiger partial charge is 0.310 e. The minimum absolute atomic E-state index is 0.000479. The molecule has 3 unspecified atom stereocenters. The lowest BCUT2D eigenvalue weighted by Crippen LogP contribution is -2.62. The van der Waals surface area contributed by atoms with Crippen LogP contribution in [0.3, 0.4) is 0 Å². The molecule has 3 aliphatic rings. The largest absolute Gasteiger partial charge is 0.466 e. The Balaban J connectivity index is 2.20. The summed E-state index contributed by atoms with van der Waals surface area (Å²) in [6.07, 6.45) is 3.23. The second-order valence-electron chi connectivity index (χ2n) is 11.1. The molecule has 0 saturated carbocycles. The lowest BCUT2D eigenvalue weighted by molar-refractivity contribution is -0.154. The van der Waals surface area contributed by atoms with Crippen LogP contribution in [0.5, 0.6) is 0 Å². The van der Waals surface area contributed by atoms with Crippen LogP contribution < -0.4 is 0 Å². The van der Waals surface area contributed by atoms with Gasteiger partial charge in [0.15, 0.2) is 0 Å². The van der Waals surface area contributed by atoms with Gasteiger partial charge >= 0.3 is 5.97 Å². The predicted octanol–water partition coefficient (Wildman–Crippen LogP) is 3.11. The summed E-state index contributed by atoms with van der Waals surface area (Å²) >= 11 is 1.64. The van der Waals surface area contributed by atoms with E-state index in [1.54, 1.807) is 34.6 Å². The molecule has 2 amide bonds. The number of hydrogen-bond acceptors (Lipinski definition) is 6. The topological polar surface area (TPSA) is 87.2 Å². The summed E-state index contributed by atoms with van der Waals surface area (Å²) in [6.45, 7) is 18.1. The number of nitrogens with zero attached hydrogens (tertiary/aromatic N) is 2. The van der Waals surface area contributed by atoms with Crippen molar-refractivity contribution in [3.8, 4) is 0 Å². The van der Waals surface area contributed by atoms with Crippen molar-refractivity contribution in [2.75, 3.05) is 19.8 Å². The van der Waals surface area contributed by atoms with E-state index in [2.05, 4.69) is 13.5 Å². The standard InChI is InChI=1S/C26H42N2O5S/c1-9-12-27(25(6,7)8)23(31)21-26-16(5)13-18(34-26)19(24(32)33-11-3)20(26)22(30)28(21)17(14-29)15(4)10-2/h9,15-21,29H,1,10-14H2,2-8H3/t15-,16?,17-,18+,19-,20-,21?,26?/m0/s1. The molecule has 0 aliphatic carbocycles. The second kappa shape index (κ2) is 9.84. The van der Waals surface area contributed by atoms with Crippen LogP contribution in [0.4, 0.5) is 0 Å². The van der Waals surface area contributed by atoms with Gasteiger partial charge in [0.25, 0.3) is 0 Å². The highest BCUT2D eigenvalue weighted by Crippen LogP contribution is 2.69. The first-order valence-corrected chi connectivity index (χ1v) is 13.5. The molecule has 3 saturated heterocycles. The first kappa shape index (κ1) is 27.1. The van der Waals surface area contributed by atoms with Crippen molar-refractivity contribution >= 4 is 29.5 Å². The lowest BCUT2D eigenvalue weighted by Gasteiger charge is -2.45. The van der Waals surface area contributed by atoms with Gasteiger partial charge in [-0.25, -0.2) is 0 Å². The fraction of sp³-hybridized carbons (Fsp3) is 0.808. The average molecular weight is 495 g/mol. The van der Waals surface area contributed by atoms with Crippen LogP contribution >= 0.6 is 11.8 Å². The Morgan fingerprint density at radius 3 is 2.53 bits per heavy atom. The molecule has 8 heteroatoms. The number of hydrogen-bond donors (Lipinski definition) is 1. The summed E-state index contributed by atoms with van der Waals surface area (Å²) in [5, 5.41) is 10.4. The summed E-state index contributed by atoms with van der Waals surface area (Å²) < 4.78 is 4.69. The van der Waals surface area contributed by atoms with Gasteiger partial charge in [0.1, 0.15) is 6.04 Å². The van der Waals surface area contributed by atoms with Gasteiger partial charge in [0.05, 0.1) is 35.8 Å². The predicted molar refractivity (Wildman–Crippen MR) is 134 cm³/mol. The highest BCUT2D eigenvalue weighted by Gasteiger charge is 2.77. The average Bonchev–Trinajstić information content (AvgIpc) is 3.35. The third-order valence-electron chi connectivity index (χ3n) is 8.21. The molecule has 2 bridgehead atoms. The molecule has 3 aliphatic heterocycles. The first-order valence-electron chi connectivity index (χ1n) is 12.6. The van der Waals surface area contributed by atoms with Crippen molar-refractivity contribution in [3.05, 3.63) is 12.7 Å². The first-order chi connectivity index (χ1) is 15.9. The summed E-state index contributed by atoms with van der Waals surface area (Å²) in [6, 6.07) is -1.24. The van der Waals surface area contributed by atoms with E-state index in [9.17, 15) is 19.5 Å². The van der Waals surface area contributed by atoms with Crippen LogP contribution in [0.25, 0.3) is 0 Å². The van der Waals surface area contributed by atoms with Gasteiger partial charge in [-0.3, -0.25) is 14.4 Å². The van der Waals surface area contributed by atoms with E-state index in [0.717, 1.165) is 12.8 Å². The number of ether oxygens (including phenoxy) is 1. The monoisotopic (exact) mass is 494 g/mol. The Bertz CT molecular complexity index is 826. The Hall–Kier alpha value is -1.54. The lowest BCUT2D eigenvalue weighted by atomic mass is 9.66. The molecule has 1 N–H and O–H groups in total. The van der Waals surface area contributed by atoms with Gasteiger partial charge in [-0.2, -0.15) is 0 Å². The normalized spacial score (nSPS) is 34.1. The van der Waals surface area contributed by atoms with Crippen LogP contribution in [0.2, 0.25) is 0 Å². The molecule has 34 heavy (non-hydrogen) atoms. The van der Waals surface area contributed by atoms with Gasteiger partial charge < -0.3 is 19.6 Å². The number of carbonyl (C=O) groups excluding carboxylic acids is 3. The molecule has 0 aromatic rings. The molecule has 0 radical (unpaired) electrons. The van der Waals surface area contributed by atoms with E-state index < -0.39 is 34.2 Å². The number of fused-ring (bicyclic) bond motifs is 1. The molecule has 3 heterocycles. The number of esters is 1. The maximum Gasteiger partial charge on any atom is 0.310 e. The van der Waals surface area contributed by atoms with E-state index in [0.29, 0.717) is 6.54 Å². The number of aliphatic hydroxyl groups excluding tert-OH is 1. The zero-order valence-electron chi connectivity index (χ0n) is 21.7. The summed E-state index contributed by atoms with van der Waals surface area (Å²) in [5.41, 5.74) is -0.481. The molecule has 3 rings (SSSR count). The van der Waals surface area contributed by atoms with Crippen LogP contribution in [0.15, 0.2) is 12.7 Å². The molecular formula is C26H42N2O5S. The van der Waals surface area contributed by atoms with Crippen molar-refractivity contribution in [1.82, 2.24) is 9.80 Å². The van der Waals surface area contributed by atoms with Crippen LogP contribution in [-0.2, 0) is 19.1 Å². The molecular weight excluding hydrogens is 452 g/mol. The fourth-order valence-electron chi connectivity index (χ4n) is 6.39. The van der Waals surface area contributed by atoms with Crippen molar-refractivity contribution in [2.24, 2.45) is 23.7 Å². The number of likely N-dealkylation sites (tertiary alicyclic amines) is 1. The van der Waals surface area contributed by atoms with Gasteiger partial charge in [0, 0.05) is 17.3 Å². The van der Waals surface area contributed by atoms with Crippen LogP contribution in [0, 0.1) is 23.7 Å². The van der Waals surface area contributed by atoms with E-state index in [1.807, 2.05) is 34.6 Å². The van der Waals surface area contributed by atoms with Gasteiger partial charge in [-0.1, -0.05) is 33.3 Å². The Kier molecular flexibility index (Phi) is 7.83. The molecule has 1 spiro atoms. The highest BCUT2D eigenvalue weighted by atomic mass is 32.2. The maximum atomic E-state index is 14.4. The van der Waals surface area contributed by atoms with Crippen LogP contribution in [-0.4, -0.2) is 80.1 Å². The summed E-state index contributed by atoms with van der Waals surface area (Å²) in [4.78, 5) is 45.1. The van der Waals surface area contributed by atoms with Crippen LogP contribution in [0.1, 0.15) is 61.3 Å². The fourth-order valence-corrected chi connectivity index (χ4v) is 8.78. The number of thioether (sulfide) groups is 1.